The molecule has 0 fully saturated rings. The van der Waals surface area contributed by atoms with Crippen molar-refractivity contribution in [2.24, 2.45) is 0 Å². The SMILES string of the molecule is CC(CCCCNC(=O)OC(C)(C)C)Nc1nc(F)ccc1C(=O)Nc1ccc(N(C)C)nn1. The number of rotatable bonds is 10. The van der Waals surface area contributed by atoms with Crippen LogP contribution >= 0.6 is 0 Å². The lowest BCUT2D eigenvalue weighted by atomic mass is 10.1. The Morgan fingerprint density at radius 2 is 1.85 bits per heavy atom. The normalized spacial score (nSPS) is 12.0. The van der Waals surface area contributed by atoms with Crippen molar-refractivity contribution >= 4 is 29.5 Å². The van der Waals surface area contributed by atoms with Crippen LogP contribution in [0, 0.1) is 5.95 Å². The first-order valence-electron chi connectivity index (χ1n) is 11.2. The third-order valence-electron chi connectivity index (χ3n) is 4.57. The number of carbonyl (C=O) groups excluding carboxylic acids is 2. The van der Waals surface area contributed by atoms with Crippen LogP contribution in [-0.4, -0.2) is 59.5 Å². The number of nitrogens with zero attached hydrogens (tertiary/aromatic N) is 4. The van der Waals surface area contributed by atoms with E-state index in [1.165, 1.54) is 6.07 Å². The van der Waals surface area contributed by atoms with E-state index in [0.717, 1.165) is 25.3 Å². The van der Waals surface area contributed by atoms with E-state index < -0.39 is 23.5 Å². The molecule has 186 valence electrons. The number of alkyl carbamates (subject to hydrolysis) is 1. The highest BCUT2D eigenvalue weighted by Gasteiger charge is 2.17. The summed E-state index contributed by atoms with van der Waals surface area (Å²) in [7, 11) is 3.67. The summed E-state index contributed by atoms with van der Waals surface area (Å²) in [5, 5.41) is 16.5. The number of nitrogens with one attached hydrogen (secondary N) is 3. The molecule has 2 aromatic rings. The van der Waals surface area contributed by atoms with E-state index in [-0.39, 0.29) is 23.2 Å². The number of anilines is 3. The fourth-order valence-electron chi connectivity index (χ4n) is 2.93. The summed E-state index contributed by atoms with van der Waals surface area (Å²) >= 11 is 0. The highest BCUT2D eigenvalue weighted by molar-refractivity contribution is 6.07. The molecule has 0 saturated heterocycles. The van der Waals surface area contributed by atoms with E-state index in [9.17, 15) is 14.0 Å². The lowest BCUT2D eigenvalue weighted by Crippen LogP contribution is -2.33. The zero-order valence-corrected chi connectivity index (χ0v) is 20.6. The zero-order chi connectivity index (χ0) is 25.3. The molecule has 34 heavy (non-hydrogen) atoms. The number of halogens is 1. The molecule has 10 nitrogen and oxygen atoms in total. The first-order valence-corrected chi connectivity index (χ1v) is 11.2. The van der Waals surface area contributed by atoms with E-state index in [2.05, 4.69) is 31.1 Å². The van der Waals surface area contributed by atoms with Crippen LogP contribution in [0.1, 0.15) is 57.3 Å². The summed E-state index contributed by atoms with van der Waals surface area (Å²) in [6.07, 6.45) is 1.83. The van der Waals surface area contributed by atoms with Gasteiger partial charge in [-0.1, -0.05) is 0 Å². The Hall–Kier alpha value is -3.50. The average Bonchev–Trinajstić information content (AvgIpc) is 2.72. The number of hydrogen-bond donors (Lipinski definition) is 3. The molecular weight excluding hydrogens is 441 g/mol. The average molecular weight is 476 g/mol. The summed E-state index contributed by atoms with van der Waals surface area (Å²) in [5.74, 6) is -0.0938. The monoisotopic (exact) mass is 475 g/mol. The number of pyridine rings is 1. The molecule has 1 atom stereocenters. The van der Waals surface area contributed by atoms with Gasteiger partial charge in [-0.3, -0.25) is 4.79 Å². The molecule has 0 aliphatic carbocycles. The minimum atomic E-state index is -0.692. The fraction of sp³-hybridized carbons (Fsp3) is 0.522. The fourth-order valence-corrected chi connectivity index (χ4v) is 2.93. The summed E-state index contributed by atoms with van der Waals surface area (Å²) in [4.78, 5) is 30.1. The number of ether oxygens (including phenoxy) is 1. The van der Waals surface area contributed by atoms with E-state index in [0.29, 0.717) is 12.4 Å². The van der Waals surface area contributed by atoms with E-state index in [4.69, 9.17) is 4.74 Å². The maximum Gasteiger partial charge on any atom is 0.407 e. The lowest BCUT2D eigenvalue weighted by Gasteiger charge is -2.20. The molecule has 0 radical (unpaired) electrons. The predicted molar refractivity (Wildman–Crippen MR) is 130 cm³/mol. The van der Waals surface area contributed by atoms with Crippen molar-refractivity contribution in [3.05, 3.63) is 35.8 Å². The minimum Gasteiger partial charge on any atom is -0.444 e. The van der Waals surface area contributed by atoms with Crippen molar-refractivity contribution in [1.29, 1.82) is 0 Å². The highest BCUT2D eigenvalue weighted by Crippen LogP contribution is 2.18. The Kier molecular flexibility index (Phi) is 9.52. The Morgan fingerprint density at radius 1 is 1.12 bits per heavy atom. The van der Waals surface area contributed by atoms with Crippen LogP contribution in [0.2, 0.25) is 0 Å². The maximum atomic E-state index is 13.8. The van der Waals surface area contributed by atoms with Crippen molar-refractivity contribution in [2.75, 3.05) is 36.2 Å². The van der Waals surface area contributed by atoms with E-state index in [1.807, 2.05) is 41.8 Å². The van der Waals surface area contributed by atoms with Gasteiger partial charge < -0.3 is 25.6 Å². The van der Waals surface area contributed by atoms with Gasteiger partial charge in [-0.05, 0) is 71.2 Å². The molecule has 0 saturated carbocycles. The van der Waals surface area contributed by atoms with Crippen molar-refractivity contribution in [3.8, 4) is 0 Å². The topological polar surface area (TPSA) is 121 Å². The second-order valence-electron chi connectivity index (χ2n) is 9.13. The Labute approximate surface area is 199 Å². The maximum absolute atomic E-state index is 13.8. The quantitative estimate of drug-likeness (QED) is 0.350. The molecule has 1 unspecified atom stereocenters. The smallest absolute Gasteiger partial charge is 0.407 e. The van der Waals surface area contributed by atoms with Crippen LogP contribution in [0.3, 0.4) is 0 Å². The lowest BCUT2D eigenvalue weighted by molar-refractivity contribution is 0.0527. The van der Waals surface area contributed by atoms with Crippen LogP contribution in [0.4, 0.5) is 26.6 Å². The zero-order valence-electron chi connectivity index (χ0n) is 20.6. The first-order chi connectivity index (χ1) is 15.9. The van der Waals surface area contributed by atoms with Crippen LogP contribution in [-0.2, 0) is 4.74 Å². The summed E-state index contributed by atoms with van der Waals surface area (Å²) in [6.45, 7) is 7.83. The van der Waals surface area contributed by atoms with Gasteiger partial charge in [-0.15, -0.1) is 10.2 Å². The van der Waals surface area contributed by atoms with Gasteiger partial charge in [-0.25, -0.2) is 9.78 Å². The third-order valence-corrected chi connectivity index (χ3v) is 4.57. The second-order valence-corrected chi connectivity index (χ2v) is 9.13. The molecule has 0 aliphatic heterocycles. The molecule has 2 rings (SSSR count). The molecule has 0 aromatic carbocycles. The van der Waals surface area contributed by atoms with Crippen LogP contribution in [0.25, 0.3) is 0 Å². The molecular formula is C23H34FN7O3. The van der Waals surface area contributed by atoms with Crippen molar-refractivity contribution in [3.63, 3.8) is 0 Å². The summed E-state index contributed by atoms with van der Waals surface area (Å²) < 4.78 is 19.0. The first kappa shape index (κ1) is 26.7. The molecule has 0 aliphatic rings. The predicted octanol–water partition coefficient (Wildman–Crippen LogP) is 3.82. The largest absolute Gasteiger partial charge is 0.444 e. The van der Waals surface area contributed by atoms with Gasteiger partial charge in [0.15, 0.2) is 11.6 Å². The Balaban J connectivity index is 1.88. The van der Waals surface area contributed by atoms with Gasteiger partial charge in [0.1, 0.15) is 11.4 Å². The van der Waals surface area contributed by atoms with Gasteiger partial charge in [0.05, 0.1) is 5.56 Å². The van der Waals surface area contributed by atoms with Crippen LogP contribution in [0.15, 0.2) is 24.3 Å². The van der Waals surface area contributed by atoms with Crippen molar-refractivity contribution in [2.45, 2.75) is 58.6 Å². The summed E-state index contributed by atoms with van der Waals surface area (Å²) in [5.41, 5.74) is -0.342. The Morgan fingerprint density at radius 3 is 2.47 bits per heavy atom. The van der Waals surface area contributed by atoms with E-state index in [1.54, 1.807) is 17.0 Å². The minimum absolute atomic E-state index is 0.0819. The Bertz CT molecular complexity index is 962. The number of hydrogen-bond acceptors (Lipinski definition) is 8. The van der Waals surface area contributed by atoms with Crippen molar-refractivity contribution < 1.29 is 18.7 Å². The molecule has 11 heteroatoms. The van der Waals surface area contributed by atoms with Gasteiger partial charge in [0.25, 0.3) is 5.91 Å². The molecule has 2 heterocycles. The van der Waals surface area contributed by atoms with Crippen LogP contribution in [0.5, 0.6) is 0 Å². The molecule has 3 N–H and O–H groups in total. The number of carbonyl (C=O) groups is 2. The molecule has 0 bridgehead atoms. The molecule has 2 amide bonds. The highest BCUT2D eigenvalue weighted by atomic mass is 19.1. The molecule has 0 spiro atoms. The third kappa shape index (κ3) is 9.16. The number of unbranched alkanes of at least 4 members (excludes halogenated alkanes) is 1. The molecule has 2 aromatic heterocycles. The standard InChI is InChI=1S/C23H34FN7O3/c1-15(9-7-8-14-25-22(33)34-23(2,3)4)26-20-16(10-11-17(24)27-20)21(32)28-18-12-13-19(30-29-18)31(5)6/h10-13,15H,7-9,14H2,1-6H3,(H,25,33)(H,26,27)(H,28,29,32). The van der Waals surface area contributed by atoms with Crippen molar-refractivity contribution in [1.82, 2.24) is 20.5 Å². The van der Waals surface area contributed by atoms with Crippen LogP contribution < -0.4 is 20.9 Å². The van der Waals surface area contributed by atoms with Gasteiger partial charge in [0.2, 0.25) is 5.95 Å². The number of amides is 2. The second kappa shape index (κ2) is 12.1. The van der Waals surface area contributed by atoms with Gasteiger partial charge in [-0.2, -0.15) is 4.39 Å². The van der Waals surface area contributed by atoms with E-state index >= 15 is 0 Å². The summed E-state index contributed by atoms with van der Waals surface area (Å²) in [6, 6.07) is 5.79. The number of aromatic nitrogens is 3. The van der Waals surface area contributed by atoms with Gasteiger partial charge in [0, 0.05) is 26.7 Å². The van der Waals surface area contributed by atoms with Gasteiger partial charge >= 0.3 is 6.09 Å².